The Kier molecular flexibility index (Phi) is 18.5. The summed E-state index contributed by atoms with van der Waals surface area (Å²) in [4.78, 5) is 13.2. The van der Waals surface area contributed by atoms with E-state index < -0.39 is 67.0 Å². The average molecular weight is 923 g/mol. The molecule has 1 N–H and O–H groups in total. The lowest BCUT2D eigenvalue weighted by molar-refractivity contribution is -0.294. The van der Waals surface area contributed by atoms with Gasteiger partial charge in [-0.2, -0.15) is 0 Å². The molecular weight excluding hydrogens is 861 g/mol. The number of hydrogen-bond donors (Lipinski definition) is 1. The van der Waals surface area contributed by atoms with Crippen LogP contribution in [0.1, 0.15) is 46.7 Å². The van der Waals surface area contributed by atoms with Crippen molar-refractivity contribution in [1.29, 1.82) is 0 Å². The highest BCUT2D eigenvalue weighted by Gasteiger charge is 2.54. The van der Waals surface area contributed by atoms with Gasteiger partial charge in [0.25, 0.3) is 0 Å². The molecule has 6 aromatic rings. The summed E-state index contributed by atoms with van der Waals surface area (Å²) < 4.78 is 61.0. The molecule has 6 aromatic carbocycles. The lowest BCUT2D eigenvalue weighted by atomic mass is 9.86. The molecule has 0 amide bonds. The van der Waals surface area contributed by atoms with Crippen molar-refractivity contribution in [3.05, 3.63) is 215 Å². The van der Waals surface area contributed by atoms with Crippen molar-refractivity contribution in [2.75, 3.05) is 13.2 Å². The molecule has 2 aliphatic heterocycles. The number of carbonyl (C=O) groups excluding carboxylic acids is 1. The van der Waals surface area contributed by atoms with Crippen molar-refractivity contribution in [2.24, 2.45) is 0 Å². The van der Waals surface area contributed by atoms with E-state index in [4.69, 9.17) is 42.6 Å². The molecule has 11 heteroatoms. The molecule has 8 rings (SSSR count). The van der Waals surface area contributed by atoms with Crippen LogP contribution < -0.4 is 0 Å². The van der Waals surface area contributed by atoms with Gasteiger partial charge in [0.1, 0.15) is 48.8 Å². The number of ether oxygens (including phenoxy) is 9. The van der Waals surface area contributed by atoms with E-state index in [0.717, 1.165) is 33.4 Å². The molecule has 2 aliphatic rings. The van der Waals surface area contributed by atoms with Gasteiger partial charge in [0.2, 0.25) is 0 Å². The van der Waals surface area contributed by atoms with Crippen LogP contribution >= 0.6 is 0 Å². The number of aliphatic hydroxyl groups is 1. The van der Waals surface area contributed by atoms with Crippen LogP contribution in [0.25, 0.3) is 0 Å². The van der Waals surface area contributed by atoms with Crippen molar-refractivity contribution >= 4 is 5.97 Å². The van der Waals surface area contributed by atoms with E-state index in [2.05, 4.69) is 0 Å². The van der Waals surface area contributed by atoms with Crippen molar-refractivity contribution in [2.45, 2.75) is 114 Å². The smallest absolute Gasteiger partial charge is 0.303 e. The van der Waals surface area contributed by atoms with E-state index in [1.807, 2.05) is 182 Å². The van der Waals surface area contributed by atoms with Gasteiger partial charge in [-0.3, -0.25) is 4.79 Å². The van der Waals surface area contributed by atoms with E-state index in [0.29, 0.717) is 6.61 Å². The molecule has 10 atom stereocenters. The predicted molar refractivity (Wildman–Crippen MR) is 256 cm³/mol. The van der Waals surface area contributed by atoms with Gasteiger partial charge >= 0.3 is 5.97 Å². The summed E-state index contributed by atoms with van der Waals surface area (Å²) in [6.07, 6.45) is -7.71. The minimum absolute atomic E-state index is 0.149. The lowest BCUT2D eigenvalue weighted by Gasteiger charge is -2.49. The first-order valence-corrected chi connectivity index (χ1v) is 23.5. The fourth-order valence-electron chi connectivity index (χ4n) is 8.89. The Labute approximate surface area is 399 Å². The zero-order chi connectivity index (χ0) is 46.8. The Morgan fingerprint density at radius 1 is 0.397 bits per heavy atom. The molecule has 0 bridgehead atoms. The van der Waals surface area contributed by atoms with Crippen LogP contribution in [0.2, 0.25) is 0 Å². The Morgan fingerprint density at radius 3 is 1.06 bits per heavy atom. The number of rotatable bonds is 23. The molecule has 11 nitrogen and oxygen atoms in total. The number of aliphatic hydroxyl groups excluding tert-OH is 1. The molecule has 2 heterocycles. The second-order valence-corrected chi connectivity index (χ2v) is 17.2. The molecule has 0 saturated carbocycles. The van der Waals surface area contributed by atoms with Gasteiger partial charge in [0, 0.05) is 13.3 Å². The van der Waals surface area contributed by atoms with Gasteiger partial charge in [-0.25, -0.2) is 0 Å². The van der Waals surface area contributed by atoms with Gasteiger partial charge in [-0.1, -0.05) is 182 Å². The molecule has 68 heavy (non-hydrogen) atoms. The van der Waals surface area contributed by atoms with E-state index in [9.17, 15) is 9.90 Å². The Hall–Kier alpha value is -5.57. The zero-order valence-corrected chi connectivity index (χ0v) is 38.5. The second kappa shape index (κ2) is 25.7. The molecule has 2 fully saturated rings. The first kappa shape index (κ1) is 48.9. The first-order chi connectivity index (χ1) is 33.5. The summed E-state index contributed by atoms with van der Waals surface area (Å²) in [7, 11) is 0. The minimum atomic E-state index is -0.985. The van der Waals surface area contributed by atoms with E-state index in [1.165, 1.54) is 6.92 Å². The fraction of sp³-hybridized carbons (Fsp3) is 0.351. The summed E-state index contributed by atoms with van der Waals surface area (Å²) in [5, 5.41) is 11.1. The summed E-state index contributed by atoms with van der Waals surface area (Å²) in [5.74, 6) is -0.520. The molecular formula is C57H62O11. The summed E-state index contributed by atoms with van der Waals surface area (Å²) in [5.41, 5.74) is 5.79. The SMILES string of the molecule is CC(=O)O[C@H]1[C@@H](OCc2ccccc2)[C@H](OCc2ccccc2)[C@@H](CO)O[C@@H]1C[C@@H]1O[C@H](COCc2ccccc2)[C@@H](OCc2ccccc2)[C@H](OCc2ccccc2)[C@H]1OCc1ccccc1. The lowest BCUT2D eigenvalue weighted by Crippen LogP contribution is -2.65. The van der Waals surface area contributed by atoms with Crippen molar-refractivity contribution in [3.8, 4) is 0 Å². The van der Waals surface area contributed by atoms with E-state index in [1.54, 1.807) is 0 Å². The molecule has 0 aromatic heterocycles. The standard InChI is InChI=1S/C57H62O11/c1-41(59)66-55-49(67-50(33-58)53(62-36-44-24-12-4-13-25-44)57(55)65-39-47-30-18-7-19-31-47)32-48-52(61-35-43-22-10-3-11-23-43)56(64-38-46-28-16-6-17-29-46)54(63-37-45-26-14-5-15-27-45)51(68-48)40-60-34-42-20-8-2-9-21-42/h2-31,48-58H,32-40H2,1H3/t48-,49+,50+,51+,52-,53+,54+,55+,56+,57-/m0/s1. The number of hydrogen-bond acceptors (Lipinski definition) is 11. The third kappa shape index (κ3) is 14.0. The van der Waals surface area contributed by atoms with E-state index >= 15 is 0 Å². The third-order valence-corrected chi connectivity index (χ3v) is 12.2. The van der Waals surface area contributed by atoms with Crippen LogP contribution in [0.15, 0.2) is 182 Å². The number of benzene rings is 6. The fourth-order valence-corrected chi connectivity index (χ4v) is 8.89. The average Bonchev–Trinajstić information content (AvgIpc) is 3.38. The van der Waals surface area contributed by atoms with Crippen LogP contribution in [0.3, 0.4) is 0 Å². The summed E-state index contributed by atoms with van der Waals surface area (Å²) in [6, 6.07) is 59.4. The summed E-state index contributed by atoms with van der Waals surface area (Å²) >= 11 is 0. The van der Waals surface area contributed by atoms with Gasteiger partial charge in [0.05, 0.1) is 59.0 Å². The topological polar surface area (TPSA) is 120 Å². The van der Waals surface area contributed by atoms with Crippen LogP contribution in [0.5, 0.6) is 0 Å². The highest BCUT2D eigenvalue weighted by molar-refractivity contribution is 5.66. The normalized spacial score (nSPS) is 24.9. The van der Waals surface area contributed by atoms with Gasteiger partial charge in [0.15, 0.2) is 6.10 Å². The maximum Gasteiger partial charge on any atom is 0.303 e. The Bertz CT molecular complexity index is 2330. The first-order valence-electron chi connectivity index (χ1n) is 23.5. The molecule has 2 saturated heterocycles. The van der Waals surface area contributed by atoms with Crippen LogP contribution in [-0.4, -0.2) is 85.3 Å². The van der Waals surface area contributed by atoms with Crippen molar-refractivity contribution in [3.63, 3.8) is 0 Å². The molecule has 0 aliphatic carbocycles. The van der Waals surface area contributed by atoms with Crippen LogP contribution in [0, 0.1) is 0 Å². The molecule has 356 valence electrons. The maximum atomic E-state index is 13.2. The molecule has 0 radical (unpaired) electrons. The number of carbonyl (C=O) groups is 1. The summed E-state index contributed by atoms with van der Waals surface area (Å²) in [6.45, 7) is 2.70. The predicted octanol–water partition coefficient (Wildman–Crippen LogP) is 8.98. The monoisotopic (exact) mass is 922 g/mol. The minimum Gasteiger partial charge on any atom is -0.457 e. The van der Waals surface area contributed by atoms with Gasteiger partial charge in [-0.15, -0.1) is 0 Å². The van der Waals surface area contributed by atoms with Gasteiger partial charge < -0.3 is 47.7 Å². The van der Waals surface area contributed by atoms with Crippen molar-refractivity contribution < 1.29 is 52.5 Å². The number of esters is 1. The quantitative estimate of drug-likeness (QED) is 0.0621. The van der Waals surface area contributed by atoms with Gasteiger partial charge in [-0.05, 0) is 33.4 Å². The van der Waals surface area contributed by atoms with Crippen molar-refractivity contribution in [1.82, 2.24) is 0 Å². The largest absolute Gasteiger partial charge is 0.457 e. The second-order valence-electron chi connectivity index (χ2n) is 17.2. The maximum absolute atomic E-state index is 13.2. The highest BCUT2D eigenvalue weighted by Crippen LogP contribution is 2.37. The zero-order valence-electron chi connectivity index (χ0n) is 38.5. The molecule has 0 unspecified atom stereocenters. The Morgan fingerprint density at radius 2 is 0.691 bits per heavy atom. The third-order valence-electron chi connectivity index (χ3n) is 12.2. The van der Waals surface area contributed by atoms with Crippen LogP contribution in [-0.2, 0) is 87.1 Å². The molecule has 0 spiro atoms. The Balaban J connectivity index is 1.16. The van der Waals surface area contributed by atoms with Crippen LogP contribution in [0.4, 0.5) is 0 Å². The van der Waals surface area contributed by atoms with E-state index in [-0.39, 0.29) is 52.7 Å². The highest BCUT2D eigenvalue weighted by atomic mass is 16.6.